The molecule has 1 unspecified atom stereocenters. The van der Waals surface area contributed by atoms with Crippen LogP contribution in [-0.4, -0.2) is 33.6 Å². The molecule has 2 heterocycles. The molecule has 0 aliphatic carbocycles. The Bertz CT molecular complexity index is 406. The van der Waals surface area contributed by atoms with Crippen LogP contribution in [0, 0.1) is 12.8 Å². The molecule has 1 fully saturated rings. The second-order valence-electron chi connectivity index (χ2n) is 6.28. The van der Waals surface area contributed by atoms with Gasteiger partial charge in [-0.15, -0.1) is 0 Å². The van der Waals surface area contributed by atoms with Gasteiger partial charge in [0.2, 0.25) is 0 Å². The molecule has 2 rings (SSSR count). The van der Waals surface area contributed by atoms with Crippen molar-refractivity contribution in [3.63, 3.8) is 0 Å². The quantitative estimate of drug-likeness (QED) is 0.895. The lowest BCUT2D eigenvalue weighted by molar-refractivity contribution is 0.0571. The van der Waals surface area contributed by atoms with E-state index in [1.807, 2.05) is 24.7 Å². The summed E-state index contributed by atoms with van der Waals surface area (Å²) >= 11 is 0. The molecule has 0 bridgehead atoms. The maximum Gasteiger partial charge on any atom is 0.0786 e. The summed E-state index contributed by atoms with van der Waals surface area (Å²) in [5.74, 6) is 0.760. The number of hydrogen-bond donors (Lipinski definition) is 1. The Morgan fingerprint density at radius 2 is 2.22 bits per heavy atom. The van der Waals surface area contributed by atoms with Crippen molar-refractivity contribution in [1.29, 1.82) is 0 Å². The van der Waals surface area contributed by atoms with Crippen LogP contribution in [0.3, 0.4) is 0 Å². The molecule has 1 aromatic heterocycles. The van der Waals surface area contributed by atoms with Gasteiger partial charge in [0, 0.05) is 13.1 Å². The number of hydrogen-bond acceptors (Lipinski definition) is 3. The fourth-order valence-electron chi connectivity index (χ4n) is 2.68. The molecule has 1 aliphatic heterocycles. The van der Waals surface area contributed by atoms with E-state index < -0.39 is 5.60 Å². The summed E-state index contributed by atoms with van der Waals surface area (Å²) in [7, 11) is 0. The molecular formula is C14H25N3O. The Labute approximate surface area is 110 Å². The van der Waals surface area contributed by atoms with Gasteiger partial charge in [-0.1, -0.05) is 6.92 Å². The van der Waals surface area contributed by atoms with Crippen molar-refractivity contribution >= 4 is 5.69 Å². The van der Waals surface area contributed by atoms with Crippen LogP contribution < -0.4 is 4.90 Å². The molecule has 0 amide bonds. The van der Waals surface area contributed by atoms with Gasteiger partial charge in [-0.3, -0.25) is 4.68 Å². The minimum Gasteiger partial charge on any atom is -0.389 e. The molecule has 1 aliphatic rings. The first-order valence-electron chi connectivity index (χ1n) is 6.86. The number of nitrogens with zero attached hydrogens (tertiary/aromatic N) is 3. The Morgan fingerprint density at radius 1 is 1.50 bits per heavy atom. The zero-order valence-corrected chi connectivity index (χ0v) is 12.0. The van der Waals surface area contributed by atoms with Crippen molar-refractivity contribution in [3.8, 4) is 0 Å². The van der Waals surface area contributed by atoms with Gasteiger partial charge in [0.05, 0.1) is 29.7 Å². The molecule has 1 atom stereocenters. The van der Waals surface area contributed by atoms with E-state index in [4.69, 9.17) is 0 Å². The molecule has 0 spiro atoms. The van der Waals surface area contributed by atoms with Crippen LogP contribution in [0.2, 0.25) is 0 Å². The van der Waals surface area contributed by atoms with E-state index in [0.717, 1.165) is 24.7 Å². The van der Waals surface area contributed by atoms with E-state index in [0.29, 0.717) is 6.54 Å². The van der Waals surface area contributed by atoms with E-state index in [1.54, 1.807) is 0 Å². The number of aromatic nitrogens is 2. The van der Waals surface area contributed by atoms with Crippen molar-refractivity contribution < 1.29 is 5.11 Å². The smallest absolute Gasteiger partial charge is 0.0786 e. The second kappa shape index (κ2) is 4.92. The van der Waals surface area contributed by atoms with Gasteiger partial charge in [0.15, 0.2) is 0 Å². The van der Waals surface area contributed by atoms with Crippen LogP contribution in [0.25, 0.3) is 0 Å². The van der Waals surface area contributed by atoms with E-state index in [1.165, 1.54) is 18.5 Å². The first-order chi connectivity index (χ1) is 8.37. The summed E-state index contributed by atoms with van der Waals surface area (Å²) in [5.41, 5.74) is 1.67. The van der Waals surface area contributed by atoms with Gasteiger partial charge in [-0.2, -0.15) is 5.10 Å². The highest BCUT2D eigenvalue weighted by Crippen LogP contribution is 2.26. The third-order valence-corrected chi connectivity index (χ3v) is 3.61. The zero-order valence-electron chi connectivity index (χ0n) is 12.0. The summed E-state index contributed by atoms with van der Waals surface area (Å²) in [6, 6.07) is 0. The largest absolute Gasteiger partial charge is 0.389 e. The summed E-state index contributed by atoms with van der Waals surface area (Å²) in [5, 5.41) is 14.3. The van der Waals surface area contributed by atoms with E-state index in [-0.39, 0.29) is 0 Å². The predicted molar refractivity (Wildman–Crippen MR) is 73.9 cm³/mol. The molecule has 18 heavy (non-hydrogen) atoms. The monoisotopic (exact) mass is 251 g/mol. The summed E-state index contributed by atoms with van der Waals surface area (Å²) in [6.07, 6.45) is 4.53. The zero-order chi connectivity index (χ0) is 13.3. The average Bonchev–Trinajstić information content (AvgIpc) is 2.58. The third-order valence-electron chi connectivity index (χ3n) is 3.61. The first-order valence-corrected chi connectivity index (χ1v) is 6.86. The van der Waals surface area contributed by atoms with Crippen LogP contribution in [-0.2, 0) is 6.54 Å². The first kappa shape index (κ1) is 13.4. The molecule has 1 aromatic rings. The second-order valence-corrected chi connectivity index (χ2v) is 6.28. The lowest BCUT2D eigenvalue weighted by Crippen LogP contribution is -2.34. The molecule has 0 saturated carbocycles. The van der Waals surface area contributed by atoms with Crippen LogP contribution in [0.5, 0.6) is 0 Å². The molecule has 1 N–H and O–H groups in total. The highest BCUT2D eigenvalue weighted by Gasteiger charge is 2.22. The normalized spacial score (nSPS) is 21.4. The maximum absolute atomic E-state index is 9.88. The maximum atomic E-state index is 9.88. The molecule has 4 nitrogen and oxygen atoms in total. The predicted octanol–water partition coefficient (Wildman–Crippen LogP) is 2.20. The van der Waals surface area contributed by atoms with E-state index in [9.17, 15) is 5.11 Å². The fourth-order valence-corrected chi connectivity index (χ4v) is 2.68. The summed E-state index contributed by atoms with van der Waals surface area (Å²) < 4.78 is 1.91. The van der Waals surface area contributed by atoms with Gasteiger partial charge in [-0.25, -0.2) is 0 Å². The number of anilines is 1. The molecular weight excluding hydrogens is 226 g/mol. The lowest BCUT2D eigenvalue weighted by atomic mass is 10.00. The fraction of sp³-hybridized carbons (Fsp3) is 0.786. The lowest BCUT2D eigenvalue weighted by Gasteiger charge is -2.32. The topological polar surface area (TPSA) is 41.3 Å². The Hall–Kier alpha value is -1.03. The summed E-state index contributed by atoms with van der Waals surface area (Å²) in [4.78, 5) is 2.43. The van der Waals surface area contributed by atoms with Gasteiger partial charge < -0.3 is 10.0 Å². The van der Waals surface area contributed by atoms with E-state index >= 15 is 0 Å². The van der Waals surface area contributed by atoms with Crippen LogP contribution >= 0.6 is 0 Å². The molecule has 1 saturated heterocycles. The van der Waals surface area contributed by atoms with Crippen molar-refractivity contribution in [3.05, 3.63) is 11.9 Å². The number of piperidine rings is 1. The van der Waals surface area contributed by atoms with Gasteiger partial charge in [0.25, 0.3) is 0 Å². The van der Waals surface area contributed by atoms with Gasteiger partial charge >= 0.3 is 0 Å². The molecule has 102 valence electrons. The summed E-state index contributed by atoms with van der Waals surface area (Å²) in [6.45, 7) is 10.8. The minimum atomic E-state index is -0.719. The number of rotatable bonds is 3. The Balaban J connectivity index is 2.15. The van der Waals surface area contributed by atoms with Crippen LogP contribution in [0.4, 0.5) is 5.69 Å². The van der Waals surface area contributed by atoms with Crippen molar-refractivity contribution in [2.45, 2.75) is 52.7 Å². The highest BCUT2D eigenvalue weighted by molar-refractivity contribution is 5.49. The SMILES string of the molecule is Cc1c(N2CCCC(C)C2)cnn1CC(C)(C)O. The molecule has 0 aromatic carbocycles. The number of aliphatic hydroxyl groups is 1. The van der Waals surface area contributed by atoms with Crippen LogP contribution in [0.1, 0.15) is 39.3 Å². The molecule has 4 heteroatoms. The van der Waals surface area contributed by atoms with Crippen molar-refractivity contribution in [1.82, 2.24) is 9.78 Å². The van der Waals surface area contributed by atoms with Crippen LogP contribution in [0.15, 0.2) is 6.20 Å². The van der Waals surface area contributed by atoms with Gasteiger partial charge in [-0.05, 0) is 39.5 Å². The Morgan fingerprint density at radius 3 is 2.83 bits per heavy atom. The Kier molecular flexibility index (Phi) is 3.66. The molecule has 0 radical (unpaired) electrons. The van der Waals surface area contributed by atoms with Gasteiger partial charge in [0.1, 0.15) is 0 Å². The minimum absolute atomic E-state index is 0.544. The van der Waals surface area contributed by atoms with Crippen molar-refractivity contribution in [2.75, 3.05) is 18.0 Å². The highest BCUT2D eigenvalue weighted by atomic mass is 16.3. The van der Waals surface area contributed by atoms with Crippen molar-refractivity contribution in [2.24, 2.45) is 5.92 Å². The third kappa shape index (κ3) is 3.05. The average molecular weight is 251 g/mol. The standard InChI is InChI=1S/C14H25N3O/c1-11-6-5-7-16(9-11)13-8-15-17(12(13)2)10-14(3,4)18/h8,11,18H,5-7,9-10H2,1-4H3. The van der Waals surface area contributed by atoms with E-state index in [2.05, 4.69) is 23.8 Å².